The van der Waals surface area contributed by atoms with Crippen LogP contribution in [0, 0.1) is 0 Å². The number of aromatic amines is 1. The van der Waals surface area contributed by atoms with Crippen LogP contribution in [0.3, 0.4) is 0 Å². The number of phenolic OH excluding ortho intramolecular Hbond substituents is 1. The Kier molecular flexibility index (Phi) is 4.22. The molecular formula is C14H15N3O4. The van der Waals surface area contributed by atoms with Gasteiger partial charge in [0.15, 0.2) is 0 Å². The summed E-state index contributed by atoms with van der Waals surface area (Å²) in [7, 11) is 0. The fourth-order valence-electron chi connectivity index (χ4n) is 1.79. The van der Waals surface area contributed by atoms with Gasteiger partial charge in [-0.3, -0.25) is 9.89 Å². The summed E-state index contributed by atoms with van der Waals surface area (Å²) in [6.45, 7) is 1.67. The molecule has 2 aromatic rings. The molecule has 1 aromatic carbocycles. The number of carboxylic acid groups (broad SMARTS) is 1. The Labute approximate surface area is 120 Å². The summed E-state index contributed by atoms with van der Waals surface area (Å²) >= 11 is 0. The molecule has 1 heterocycles. The van der Waals surface area contributed by atoms with Gasteiger partial charge in [-0.2, -0.15) is 5.10 Å². The van der Waals surface area contributed by atoms with Gasteiger partial charge in [0.1, 0.15) is 17.5 Å². The molecule has 0 saturated heterocycles. The average molecular weight is 289 g/mol. The van der Waals surface area contributed by atoms with Crippen LogP contribution in [0.25, 0.3) is 11.3 Å². The van der Waals surface area contributed by atoms with Crippen LogP contribution in [0.1, 0.15) is 23.8 Å². The minimum atomic E-state index is -1.08. The first-order valence-corrected chi connectivity index (χ1v) is 6.39. The lowest BCUT2D eigenvalue weighted by molar-refractivity contribution is -0.139. The van der Waals surface area contributed by atoms with E-state index in [1.165, 1.54) is 18.2 Å². The second-order valence-corrected chi connectivity index (χ2v) is 4.49. The Hall–Kier alpha value is -2.83. The summed E-state index contributed by atoms with van der Waals surface area (Å²) in [5.74, 6) is -1.47. The monoisotopic (exact) mass is 289 g/mol. The van der Waals surface area contributed by atoms with Crippen LogP contribution in [0.4, 0.5) is 0 Å². The van der Waals surface area contributed by atoms with Crippen LogP contribution < -0.4 is 5.32 Å². The van der Waals surface area contributed by atoms with Crippen LogP contribution in [0.15, 0.2) is 30.3 Å². The predicted molar refractivity (Wildman–Crippen MR) is 74.9 cm³/mol. The number of aromatic hydroxyl groups is 1. The maximum atomic E-state index is 11.9. The van der Waals surface area contributed by atoms with E-state index in [9.17, 15) is 14.7 Å². The lowest BCUT2D eigenvalue weighted by Crippen LogP contribution is -2.40. The summed E-state index contributed by atoms with van der Waals surface area (Å²) in [5.41, 5.74) is 1.44. The molecule has 7 nitrogen and oxygen atoms in total. The highest BCUT2D eigenvalue weighted by molar-refractivity contribution is 5.95. The van der Waals surface area contributed by atoms with Gasteiger partial charge in [0.05, 0.1) is 5.69 Å². The highest BCUT2D eigenvalue weighted by Crippen LogP contribution is 2.20. The number of hydrogen-bond acceptors (Lipinski definition) is 4. The molecule has 0 radical (unpaired) electrons. The number of nitrogens with one attached hydrogen (secondary N) is 2. The summed E-state index contributed by atoms with van der Waals surface area (Å²) in [6.07, 6.45) is 0.292. The second-order valence-electron chi connectivity index (χ2n) is 4.49. The van der Waals surface area contributed by atoms with Gasteiger partial charge in [0.25, 0.3) is 5.91 Å². The number of rotatable bonds is 5. The molecule has 0 spiro atoms. The fraction of sp³-hybridized carbons (Fsp3) is 0.214. The van der Waals surface area contributed by atoms with E-state index in [0.717, 1.165) is 5.56 Å². The average Bonchev–Trinajstić information content (AvgIpc) is 2.94. The second kappa shape index (κ2) is 6.08. The molecule has 4 N–H and O–H groups in total. The SMILES string of the molecule is CC[C@H](NC(=O)c1cc(-c2ccc(O)cc2)n[nH]1)C(=O)O. The first kappa shape index (κ1) is 14.6. The molecule has 7 heteroatoms. The Balaban J connectivity index is 2.14. The normalized spacial score (nSPS) is 11.9. The van der Waals surface area contributed by atoms with Crippen molar-refractivity contribution in [3.63, 3.8) is 0 Å². The predicted octanol–water partition coefficient (Wildman–Crippen LogP) is 1.38. The van der Waals surface area contributed by atoms with Crippen molar-refractivity contribution < 1.29 is 19.8 Å². The van der Waals surface area contributed by atoms with E-state index in [-0.39, 0.29) is 11.4 Å². The van der Waals surface area contributed by atoms with Gasteiger partial charge in [-0.1, -0.05) is 6.92 Å². The van der Waals surface area contributed by atoms with Crippen LogP contribution in [0.2, 0.25) is 0 Å². The number of aromatic nitrogens is 2. The van der Waals surface area contributed by atoms with Crippen molar-refractivity contribution in [3.05, 3.63) is 36.0 Å². The molecule has 2 rings (SSSR count). The van der Waals surface area contributed by atoms with Crippen LogP contribution in [-0.4, -0.2) is 38.3 Å². The molecule has 110 valence electrons. The number of hydrogen-bond donors (Lipinski definition) is 4. The molecule has 0 aliphatic carbocycles. The minimum absolute atomic E-state index is 0.138. The summed E-state index contributed by atoms with van der Waals surface area (Å²) in [6, 6.07) is 6.95. The molecule has 0 unspecified atom stereocenters. The van der Waals surface area contributed by atoms with E-state index in [2.05, 4.69) is 15.5 Å². The zero-order valence-electron chi connectivity index (χ0n) is 11.3. The van der Waals surface area contributed by atoms with Crippen molar-refractivity contribution >= 4 is 11.9 Å². The third kappa shape index (κ3) is 3.38. The Bertz CT molecular complexity index is 648. The van der Waals surface area contributed by atoms with E-state index in [4.69, 9.17) is 5.11 Å². The lowest BCUT2D eigenvalue weighted by Gasteiger charge is -2.10. The number of H-pyrrole nitrogens is 1. The van der Waals surface area contributed by atoms with Gasteiger partial charge in [0.2, 0.25) is 0 Å². The van der Waals surface area contributed by atoms with Crippen molar-refractivity contribution in [2.45, 2.75) is 19.4 Å². The highest BCUT2D eigenvalue weighted by atomic mass is 16.4. The third-order valence-corrected chi connectivity index (χ3v) is 3.00. The summed E-state index contributed by atoms with van der Waals surface area (Å²) in [4.78, 5) is 22.8. The molecule has 1 atom stereocenters. The van der Waals surface area contributed by atoms with E-state index in [0.29, 0.717) is 12.1 Å². The number of carboxylic acids is 1. The molecule has 0 bridgehead atoms. The van der Waals surface area contributed by atoms with E-state index >= 15 is 0 Å². The van der Waals surface area contributed by atoms with Gasteiger partial charge >= 0.3 is 5.97 Å². The minimum Gasteiger partial charge on any atom is -0.508 e. The van der Waals surface area contributed by atoms with Gasteiger partial charge < -0.3 is 15.5 Å². The number of carbonyl (C=O) groups is 2. The first-order valence-electron chi connectivity index (χ1n) is 6.39. The number of benzene rings is 1. The van der Waals surface area contributed by atoms with Crippen LogP contribution in [0.5, 0.6) is 5.75 Å². The smallest absolute Gasteiger partial charge is 0.326 e. The van der Waals surface area contributed by atoms with E-state index < -0.39 is 17.9 Å². The zero-order chi connectivity index (χ0) is 15.4. The quantitative estimate of drug-likeness (QED) is 0.663. The topological polar surface area (TPSA) is 115 Å². The van der Waals surface area contributed by atoms with Crippen molar-refractivity contribution in [1.82, 2.24) is 15.5 Å². The fourth-order valence-corrected chi connectivity index (χ4v) is 1.79. The molecule has 0 aliphatic heterocycles. The maximum Gasteiger partial charge on any atom is 0.326 e. The maximum absolute atomic E-state index is 11.9. The van der Waals surface area contributed by atoms with Gasteiger partial charge in [-0.15, -0.1) is 0 Å². The Morgan fingerprint density at radius 1 is 1.33 bits per heavy atom. The van der Waals surface area contributed by atoms with Gasteiger partial charge in [-0.25, -0.2) is 4.79 Å². The third-order valence-electron chi connectivity index (χ3n) is 3.00. The Morgan fingerprint density at radius 2 is 2.00 bits per heavy atom. The summed E-state index contributed by atoms with van der Waals surface area (Å²) < 4.78 is 0. The standard InChI is InChI=1S/C14H15N3O4/c1-2-10(14(20)21)15-13(19)12-7-11(16-17-12)8-3-5-9(18)6-4-8/h3-7,10,18H,2H2,1H3,(H,15,19)(H,16,17)(H,20,21)/t10-/m0/s1. The molecule has 0 saturated carbocycles. The highest BCUT2D eigenvalue weighted by Gasteiger charge is 2.19. The zero-order valence-corrected chi connectivity index (χ0v) is 11.3. The van der Waals surface area contributed by atoms with E-state index in [1.807, 2.05) is 0 Å². The number of aliphatic carboxylic acids is 1. The first-order chi connectivity index (χ1) is 10.0. The molecule has 0 fully saturated rings. The van der Waals surface area contributed by atoms with Crippen molar-refractivity contribution in [1.29, 1.82) is 0 Å². The number of phenols is 1. The molecule has 21 heavy (non-hydrogen) atoms. The lowest BCUT2D eigenvalue weighted by atomic mass is 10.1. The number of amides is 1. The van der Waals surface area contributed by atoms with Gasteiger partial charge in [-0.05, 0) is 36.8 Å². The number of carbonyl (C=O) groups excluding carboxylic acids is 1. The Morgan fingerprint density at radius 3 is 2.57 bits per heavy atom. The van der Waals surface area contributed by atoms with Crippen molar-refractivity contribution in [3.8, 4) is 17.0 Å². The van der Waals surface area contributed by atoms with Crippen molar-refractivity contribution in [2.24, 2.45) is 0 Å². The molecule has 1 amide bonds. The molecule has 1 aromatic heterocycles. The van der Waals surface area contributed by atoms with Crippen LogP contribution >= 0.6 is 0 Å². The van der Waals surface area contributed by atoms with Gasteiger partial charge in [0, 0.05) is 5.56 Å². The molecular weight excluding hydrogens is 274 g/mol. The molecule has 0 aliphatic rings. The van der Waals surface area contributed by atoms with Crippen molar-refractivity contribution in [2.75, 3.05) is 0 Å². The largest absolute Gasteiger partial charge is 0.508 e. The van der Waals surface area contributed by atoms with Crippen LogP contribution in [-0.2, 0) is 4.79 Å². The number of nitrogens with zero attached hydrogens (tertiary/aromatic N) is 1. The summed E-state index contributed by atoms with van der Waals surface area (Å²) in [5, 5.41) is 27.1. The van der Waals surface area contributed by atoms with E-state index in [1.54, 1.807) is 19.1 Å².